The van der Waals surface area contributed by atoms with Gasteiger partial charge in [0, 0.05) is 6.54 Å². The second-order valence-corrected chi connectivity index (χ2v) is 3.41. The minimum atomic E-state index is -1.21. The molecule has 0 radical (unpaired) electrons. The molecule has 0 aliphatic carbocycles. The highest BCUT2D eigenvalue weighted by atomic mass is 16.5. The van der Waals surface area contributed by atoms with E-state index in [1.807, 2.05) is 6.92 Å². The monoisotopic (exact) mass is 213 g/mol. The third kappa shape index (κ3) is 2.34. The first-order valence-electron chi connectivity index (χ1n) is 5.10. The van der Waals surface area contributed by atoms with E-state index in [-0.39, 0.29) is 18.9 Å². The van der Waals surface area contributed by atoms with Crippen molar-refractivity contribution >= 4 is 17.7 Å². The van der Waals surface area contributed by atoms with Crippen molar-refractivity contribution in [3.63, 3.8) is 0 Å². The lowest BCUT2D eigenvalue weighted by Crippen LogP contribution is -2.32. The van der Waals surface area contributed by atoms with E-state index >= 15 is 0 Å². The molecule has 5 nitrogen and oxygen atoms in total. The Hall–Kier alpha value is -1.39. The highest BCUT2D eigenvalue weighted by molar-refractivity contribution is 6.21. The van der Waals surface area contributed by atoms with Gasteiger partial charge in [-0.2, -0.15) is 0 Å². The maximum absolute atomic E-state index is 11.6. The fourth-order valence-corrected chi connectivity index (χ4v) is 1.59. The van der Waals surface area contributed by atoms with Gasteiger partial charge in [0.1, 0.15) is 0 Å². The molecule has 1 unspecified atom stereocenters. The molecule has 1 heterocycles. The number of ketones is 1. The molecule has 0 aromatic carbocycles. The average molecular weight is 213 g/mol. The summed E-state index contributed by atoms with van der Waals surface area (Å²) in [4.78, 5) is 35.8. The fourth-order valence-electron chi connectivity index (χ4n) is 1.59. The van der Waals surface area contributed by atoms with Gasteiger partial charge >= 0.3 is 5.97 Å². The van der Waals surface area contributed by atoms with Gasteiger partial charge in [0.05, 0.1) is 13.2 Å². The lowest BCUT2D eigenvalue weighted by Gasteiger charge is -2.13. The van der Waals surface area contributed by atoms with Crippen LogP contribution in [-0.2, 0) is 19.1 Å². The van der Waals surface area contributed by atoms with Gasteiger partial charge < -0.3 is 9.64 Å². The van der Waals surface area contributed by atoms with Crippen molar-refractivity contribution in [1.82, 2.24) is 4.90 Å². The Kier molecular flexibility index (Phi) is 3.82. The number of hydrogen-bond acceptors (Lipinski definition) is 4. The fraction of sp³-hybridized carbons (Fsp3) is 0.700. The van der Waals surface area contributed by atoms with Gasteiger partial charge in [0.15, 0.2) is 11.7 Å². The summed E-state index contributed by atoms with van der Waals surface area (Å²) in [7, 11) is 0. The lowest BCUT2D eigenvalue weighted by molar-refractivity contribution is -0.154. The van der Waals surface area contributed by atoms with Crippen molar-refractivity contribution in [3.8, 4) is 0 Å². The molecule has 1 saturated heterocycles. The maximum atomic E-state index is 11.6. The predicted octanol–water partition coefficient (Wildman–Crippen LogP) is -0.0130. The van der Waals surface area contributed by atoms with E-state index in [1.165, 1.54) is 4.90 Å². The zero-order valence-corrected chi connectivity index (χ0v) is 8.99. The standard InChI is InChI=1S/C10H15NO4/c1-3-5-11-6-7(12)8(9(11)13)10(14)15-4-2/h8H,3-6H2,1-2H3. The number of esters is 1. The zero-order chi connectivity index (χ0) is 11.4. The number of amides is 1. The van der Waals surface area contributed by atoms with Gasteiger partial charge in [-0.1, -0.05) is 6.92 Å². The predicted molar refractivity (Wildman–Crippen MR) is 52.0 cm³/mol. The molecule has 1 aliphatic rings. The van der Waals surface area contributed by atoms with Crippen LogP contribution in [0.5, 0.6) is 0 Å². The Morgan fingerprint density at radius 3 is 2.67 bits per heavy atom. The van der Waals surface area contributed by atoms with E-state index in [0.717, 1.165) is 6.42 Å². The van der Waals surface area contributed by atoms with Crippen LogP contribution in [0.3, 0.4) is 0 Å². The van der Waals surface area contributed by atoms with Crippen LogP contribution in [0.4, 0.5) is 0 Å². The van der Waals surface area contributed by atoms with Crippen LogP contribution in [0.25, 0.3) is 0 Å². The number of hydrogen-bond donors (Lipinski definition) is 0. The highest BCUT2D eigenvalue weighted by Gasteiger charge is 2.44. The molecule has 15 heavy (non-hydrogen) atoms. The van der Waals surface area contributed by atoms with Gasteiger partial charge in [-0.3, -0.25) is 14.4 Å². The third-order valence-corrected chi connectivity index (χ3v) is 2.24. The maximum Gasteiger partial charge on any atom is 0.326 e. The molecular weight excluding hydrogens is 198 g/mol. The summed E-state index contributed by atoms with van der Waals surface area (Å²) in [5, 5.41) is 0. The SMILES string of the molecule is CCCN1CC(=O)C(C(=O)OCC)C1=O. The Bertz CT molecular complexity index is 287. The van der Waals surface area contributed by atoms with Crippen molar-refractivity contribution in [3.05, 3.63) is 0 Å². The number of rotatable bonds is 4. The summed E-state index contributed by atoms with van der Waals surface area (Å²) in [6, 6.07) is 0. The van der Waals surface area contributed by atoms with Crippen LogP contribution in [0.2, 0.25) is 0 Å². The summed E-state index contributed by atoms with van der Waals surface area (Å²) in [6.45, 7) is 4.29. The van der Waals surface area contributed by atoms with Gasteiger partial charge in [0.2, 0.25) is 5.91 Å². The van der Waals surface area contributed by atoms with Crippen molar-refractivity contribution in [2.75, 3.05) is 19.7 Å². The van der Waals surface area contributed by atoms with Crippen molar-refractivity contribution in [2.45, 2.75) is 20.3 Å². The van der Waals surface area contributed by atoms with Crippen LogP contribution in [0.1, 0.15) is 20.3 Å². The summed E-state index contributed by atoms with van der Waals surface area (Å²) >= 11 is 0. The Labute approximate surface area is 88.4 Å². The number of nitrogens with zero attached hydrogens (tertiary/aromatic N) is 1. The smallest absolute Gasteiger partial charge is 0.326 e. The summed E-state index contributed by atoms with van der Waals surface area (Å²) in [5.41, 5.74) is 0. The minimum absolute atomic E-state index is 0.0379. The van der Waals surface area contributed by atoms with Gasteiger partial charge in [-0.25, -0.2) is 0 Å². The van der Waals surface area contributed by atoms with Crippen LogP contribution in [0, 0.1) is 5.92 Å². The molecule has 1 atom stereocenters. The Balaban J connectivity index is 2.70. The van der Waals surface area contributed by atoms with E-state index in [2.05, 4.69) is 4.74 Å². The molecule has 1 rings (SSSR count). The first-order valence-corrected chi connectivity index (χ1v) is 5.10. The van der Waals surface area contributed by atoms with Gasteiger partial charge in [0.25, 0.3) is 0 Å². The van der Waals surface area contributed by atoms with Crippen molar-refractivity contribution < 1.29 is 19.1 Å². The van der Waals surface area contributed by atoms with Gasteiger partial charge in [-0.15, -0.1) is 0 Å². The molecule has 0 saturated carbocycles. The normalized spacial score (nSPS) is 20.9. The topological polar surface area (TPSA) is 63.7 Å². The Morgan fingerprint density at radius 2 is 2.13 bits per heavy atom. The average Bonchev–Trinajstić information content (AvgIpc) is 2.43. The molecule has 0 bridgehead atoms. The third-order valence-electron chi connectivity index (χ3n) is 2.24. The minimum Gasteiger partial charge on any atom is -0.465 e. The van der Waals surface area contributed by atoms with E-state index < -0.39 is 17.8 Å². The number of likely N-dealkylation sites (tertiary alicyclic amines) is 1. The number of Topliss-reactive ketones (excluding diaryl/α,β-unsaturated/α-hetero) is 1. The number of ether oxygens (including phenoxy) is 1. The van der Waals surface area contributed by atoms with Crippen LogP contribution < -0.4 is 0 Å². The zero-order valence-electron chi connectivity index (χ0n) is 8.99. The molecule has 0 spiro atoms. The summed E-state index contributed by atoms with van der Waals surface area (Å²) in [6.07, 6.45) is 0.772. The second kappa shape index (κ2) is 4.91. The lowest BCUT2D eigenvalue weighted by atomic mass is 10.1. The molecular formula is C10H15NO4. The largest absolute Gasteiger partial charge is 0.465 e. The molecule has 1 amide bonds. The van der Waals surface area contributed by atoms with E-state index in [4.69, 9.17) is 0 Å². The molecule has 0 N–H and O–H groups in total. The second-order valence-electron chi connectivity index (χ2n) is 3.41. The quantitative estimate of drug-likeness (QED) is 0.486. The van der Waals surface area contributed by atoms with Crippen LogP contribution in [0.15, 0.2) is 0 Å². The first kappa shape index (κ1) is 11.7. The number of carbonyl (C=O) groups excluding carboxylic acids is 3. The first-order chi connectivity index (χ1) is 7.11. The van der Waals surface area contributed by atoms with Crippen LogP contribution in [-0.4, -0.2) is 42.3 Å². The summed E-state index contributed by atoms with van der Waals surface area (Å²) < 4.78 is 4.69. The molecule has 0 aromatic rings. The van der Waals surface area contributed by atoms with E-state index in [9.17, 15) is 14.4 Å². The van der Waals surface area contributed by atoms with Crippen molar-refractivity contribution in [2.24, 2.45) is 5.92 Å². The Morgan fingerprint density at radius 1 is 1.47 bits per heavy atom. The molecule has 84 valence electrons. The van der Waals surface area contributed by atoms with Crippen LogP contribution >= 0.6 is 0 Å². The molecule has 0 aromatic heterocycles. The molecule has 1 fully saturated rings. The van der Waals surface area contributed by atoms with Gasteiger partial charge in [-0.05, 0) is 13.3 Å². The molecule has 5 heteroatoms. The summed E-state index contributed by atoms with van der Waals surface area (Å²) in [5.74, 6) is -2.70. The van der Waals surface area contributed by atoms with E-state index in [0.29, 0.717) is 6.54 Å². The molecule has 1 aliphatic heterocycles. The van der Waals surface area contributed by atoms with Crippen molar-refractivity contribution in [1.29, 1.82) is 0 Å². The highest BCUT2D eigenvalue weighted by Crippen LogP contribution is 2.16. The van der Waals surface area contributed by atoms with E-state index in [1.54, 1.807) is 6.92 Å². The number of carbonyl (C=O) groups is 3.